The van der Waals surface area contributed by atoms with Crippen molar-refractivity contribution in [2.45, 2.75) is 27.7 Å². The monoisotopic (exact) mass is 264 g/mol. The highest BCUT2D eigenvalue weighted by molar-refractivity contribution is 5.50. The van der Waals surface area contributed by atoms with E-state index in [9.17, 15) is 0 Å². The molecule has 1 aromatic carbocycles. The van der Waals surface area contributed by atoms with Gasteiger partial charge in [0.05, 0.1) is 0 Å². The van der Waals surface area contributed by atoms with Gasteiger partial charge in [0.15, 0.2) is 0 Å². The van der Waals surface area contributed by atoms with Crippen molar-refractivity contribution in [3.8, 4) is 5.75 Å². The van der Waals surface area contributed by atoms with Crippen LogP contribution in [0, 0.1) is 5.92 Å². The van der Waals surface area contributed by atoms with Gasteiger partial charge in [-0.25, -0.2) is 0 Å². The van der Waals surface area contributed by atoms with E-state index in [1.54, 1.807) is 0 Å². The van der Waals surface area contributed by atoms with Gasteiger partial charge in [0.1, 0.15) is 12.4 Å². The molecule has 0 radical (unpaired) electrons. The second kappa shape index (κ2) is 8.81. The lowest BCUT2D eigenvalue weighted by atomic mass is 10.2. The first-order valence-electron chi connectivity index (χ1n) is 7.35. The maximum Gasteiger partial charge on any atom is 0.121 e. The minimum Gasteiger partial charge on any atom is -0.492 e. The Labute approximate surface area is 118 Å². The third kappa shape index (κ3) is 5.97. The fourth-order valence-corrected chi connectivity index (χ4v) is 1.99. The number of nitrogens with zero attached hydrogens (tertiary/aromatic N) is 1. The predicted molar refractivity (Wildman–Crippen MR) is 83.2 cm³/mol. The molecule has 3 nitrogen and oxygen atoms in total. The zero-order valence-corrected chi connectivity index (χ0v) is 12.8. The van der Waals surface area contributed by atoms with Crippen LogP contribution in [0.15, 0.2) is 24.3 Å². The fourth-order valence-electron chi connectivity index (χ4n) is 1.99. The van der Waals surface area contributed by atoms with Crippen LogP contribution >= 0.6 is 0 Å². The Bertz CT molecular complexity index is 348. The normalized spacial score (nSPS) is 10.8. The summed E-state index contributed by atoms with van der Waals surface area (Å²) in [6.45, 7) is 13.5. The smallest absolute Gasteiger partial charge is 0.121 e. The van der Waals surface area contributed by atoms with E-state index in [0.717, 1.165) is 31.9 Å². The van der Waals surface area contributed by atoms with Gasteiger partial charge in [-0.05, 0) is 38.4 Å². The van der Waals surface area contributed by atoms with Crippen molar-refractivity contribution in [3.63, 3.8) is 0 Å². The number of anilines is 1. The summed E-state index contributed by atoms with van der Waals surface area (Å²) in [5.74, 6) is 1.64. The summed E-state index contributed by atoms with van der Waals surface area (Å²) in [6, 6.07) is 8.34. The molecule has 0 fully saturated rings. The summed E-state index contributed by atoms with van der Waals surface area (Å²) < 4.78 is 5.78. The molecule has 0 unspecified atom stereocenters. The molecule has 0 amide bonds. The Morgan fingerprint density at radius 3 is 2.58 bits per heavy atom. The molecule has 1 N–H and O–H groups in total. The van der Waals surface area contributed by atoms with Gasteiger partial charge >= 0.3 is 0 Å². The van der Waals surface area contributed by atoms with Crippen LogP contribution in [0.4, 0.5) is 5.69 Å². The second-order valence-electron chi connectivity index (χ2n) is 5.12. The van der Waals surface area contributed by atoms with Crippen LogP contribution in [-0.4, -0.2) is 32.8 Å². The average molecular weight is 264 g/mol. The predicted octanol–water partition coefficient (Wildman–Crippen LogP) is 3.16. The highest BCUT2D eigenvalue weighted by Gasteiger charge is 2.03. The van der Waals surface area contributed by atoms with Gasteiger partial charge in [0.25, 0.3) is 0 Å². The topological polar surface area (TPSA) is 24.5 Å². The molecule has 1 aromatic rings. The van der Waals surface area contributed by atoms with Crippen molar-refractivity contribution >= 4 is 5.69 Å². The highest BCUT2D eigenvalue weighted by Crippen LogP contribution is 2.20. The second-order valence-corrected chi connectivity index (χ2v) is 5.12. The third-order valence-electron chi connectivity index (χ3n) is 3.05. The minimum absolute atomic E-state index is 0.686. The van der Waals surface area contributed by atoms with Crippen molar-refractivity contribution < 1.29 is 4.74 Å². The third-order valence-corrected chi connectivity index (χ3v) is 3.05. The van der Waals surface area contributed by atoms with Crippen LogP contribution in [0.5, 0.6) is 5.75 Å². The summed E-state index contributed by atoms with van der Waals surface area (Å²) in [5.41, 5.74) is 1.23. The van der Waals surface area contributed by atoms with Crippen LogP contribution < -0.4 is 15.0 Å². The van der Waals surface area contributed by atoms with Gasteiger partial charge in [-0.2, -0.15) is 0 Å². The van der Waals surface area contributed by atoms with E-state index in [2.05, 4.69) is 56.1 Å². The lowest BCUT2D eigenvalue weighted by Gasteiger charge is -2.21. The first kappa shape index (κ1) is 15.8. The van der Waals surface area contributed by atoms with E-state index in [4.69, 9.17) is 4.74 Å². The van der Waals surface area contributed by atoms with Crippen molar-refractivity contribution in [1.82, 2.24) is 5.32 Å². The Morgan fingerprint density at radius 1 is 1.21 bits per heavy atom. The Kier molecular flexibility index (Phi) is 7.34. The molecule has 0 atom stereocenters. The summed E-state index contributed by atoms with van der Waals surface area (Å²) in [4.78, 5) is 2.32. The first-order chi connectivity index (χ1) is 9.17. The fraction of sp³-hybridized carbons (Fsp3) is 0.625. The van der Waals surface area contributed by atoms with E-state index in [-0.39, 0.29) is 0 Å². The van der Waals surface area contributed by atoms with Crippen LogP contribution in [0.3, 0.4) is 0 Å². The van der Waals surface area contributed by atoms with E-state index < -0.39 is 0 Å². The van der Waals surface area contributed by atoms with Gasteiger partial charge in [-0.3, -0.25) is 0 Å². The molecule has 0 heterocycles. The molecule has 0 saturated heterocycles. The quantitative estimate of drug-likeness (QED) is 0.693. The Morgan fingerprint density at radius 2 is 1.95 bits per heavy atom. The van der Waals surface area contributed by atoms with Crippen LogP contribution in [0.2, 0.25) is 0 Å². The number of nitrogens with one attached hydrogen (secondary N) is 1. The van der Waals surface area contributed by atoms with Crippen LogP contribution in [-0.2, 0) is 0 Å². The van der Waals surface area contributed by atoms with Crippen molar-refractivity contribution in [3.05, 3.63) is 24.3 Å². The molecule has 0 spiro atoms. The zero-order chi connectivity index (χ0) is 14.1. The van der Waals surface area contributed by atoms with Gasteiger partial charge in [-0.15, -0.1) is 0 Å². The molecule has 0 aliphatic rings. The Hall–Kier alpha value is -1.22. The number of benzene rings is 1. The van der Waals surface area contributed by atoms with E-state index >= 15 is 0 Å². The van der Waals surface area contributed by atoms with Crippen molar-refractivity contribution in [1.29, 1.82) is 0 Å². The Balaban J connectivity index is 2.40. The summed E-state index contributed by atoms with van der Waals surface area (Å²) >= 11 is 0. The molecule has 1 rings (SSSR count). The van der Waals surface area contributed by atoms with E-state index in [1.165, 1.54) is 5.69 Å². The molecule has 0 aliphatic heterocycles. The molecular formula is C16H28N2O. The van der Waals surface area contributed by atoms with Crippen molar-refractivity contribution in [2.75, 3.05) is 37.7 Å². The summed E-state index contributed by atoms with van der Waals surface area (Å²) in [6.07, 6.45) is 0. The SMILES string of the molecule is CCN(CC)c1cccc(OCCNCC(C)C)c1. The maximum atomic E-state index is 5.78. The largest absolute Gasteiger partial charge is 0.492 e. The minimum atomic E-state index is 0.686. The molecular weight excluding hydrogens is 236 g/mol. The summed E-state index contributed by atoms with van der Waals surface area (Å²) in [5, 5.41) is 3.38. The number of ether oxygens (including phenoxy) is 1. The molecule has 0 aromatic heterocycles. The molecule has 19 heavy (non-hydrogen) atoms. The molecule has 0 aliphatic carbocycles. The van der Waals surface area contributed by atoms with Crippen LogP contribution in [0.1, 0.15) is 27.7 Å². The average Bonchev–Trinajstić information content (AvgIpc) is 2.40. The number of hydrogen-bond donors (Lipinski definition) is 1. The van der Waals surface area contributed by atoms with E-state index in [1.807, 2.05) is 6.07 Å². The van der Waals surface area contributed by atoms with E-state index in [0.29, 0.717) is 12.5 Å². The molecule has 0 saturated carbocycles. The van der Waals surface area contributed by atoms with Crippen molar-refractivity contribution in [2.24, 2.45) is 5.92 Å². The number of hydrogen-bond acceptors (Lipinski definition) is 3. The maximum absolute atomic E-state index is 5.78. The zero-order valence-electron chi connectivity index (χ0n) is 12.8. The molecule has 0 bridgehead atoms. The lowest BCUT2D eigenvalue weighted by Crippen LogP contribution is -2.25. The highest BCUT2D eigenvalue weighted by atomic mass is 16.5. The molecule has 3 heteroatoms. The van der Waals surface area contributed by atoms with Gasteiger partial charge in [0, 0.05) is 31.4 Å². The van der Waals surface area contributed by atoms with Gasteiger partial charge in [0.2, 0.25) is 0 Å². The van der Waals surface area contributed by atoms with Crippen LogP contribution in [0.25, 0.3) is 0 Å². The standard InChI is InChI=1S/C16H28N2O/c1-5-18(6-2)15-8-7-9-16(12-15)19-11-10-17-13-14(3)4/h7-9,12,14,17H,5-6,10-11,13H2,1-4H3. The lowest BCUT2D eigenvalue weighted by molar-refractivity contribution is 0.311. The van der Waals surface area contributed by atoms with Gasteiger partial charge in [-0.1, -0.05) is 19.9 Å². The number of rotatable bonds is 9. The first-order valence-corrected chi connectivity index (χ1v) is 7.35. The molecule has 108 valence electrons. The summed E-state index contributed by atoms with van der Waals surface area (Å²) in [7, 11) is 0. The van der Waals surface area contributed by atoms with Gasteiger partial charge < -0.3 is 15.0 Å².